The Labute approximate surface area is 122 Å². The van der Waals surface area contributed by atoms with Gasteiger partial charge in [-0.2, -0.15) is 0 Å². The van der Waals surface area contributed by atoms with E-state index in [9.17, 15) is 4.79 Å². The first-order chi connectivity index (χ1) is 8.95. The third kappa shape index (κ3) is 2.30. The number of allylic oxidation sites excluding steroid dienone is 2. The molecule has 0 aromatic carbocycles. The summed E-state index contributed by atoms with van der Waals surface area (Å²) in [5.74, 6) is -2.04. The van der Waals surface area contributed by atoms with Crippen molar-refractivity contribution in [3.8, 4) is 0 Å². The van der Waals surface area contributed by atoms with Gasteiger partial charge in [0.15, 0.2) is 4.87 Å². The van der Waals surface area contributed by atoms with E-state index in [0.717, 1.165) is 0 Å². The summed E-state index contributed by atoms with van der Waals surface area (Å²) in [4.78, 5) is 10.8. The van der Waals surface area contributed by atoms with Crippen LogP contribution in [0.2, 0.25) is 0 Å². The van der Waals surface area contributed by atoms with Crippen molar-refractivity contribution in [1.29, 1.82) is 0 Å². The Kier molecular flexibility index (Phi) is 5.41. The van der Waals surface area contributed by atoms with Crippen LogP contribution in [0.4, 0.5) is 0 Å². The molecule has 1 aliphatic carbocycles. The summed E-state index contributed by atoms with van der Waals surface area (Å²) in [7, 11) is 2.74. The molecule has 0 saturated carbocycles. The fraction of sp³-hybridized carbons (Fsp3) is 0.583. The van der Waals surface area contributed by atoms with E-state index in [1.165, 1.54) is 20.3 Å². The molecular formula is C12H17Cl2NO4. The summed E-state index contributed by atoms with van der Waals surface area (Å²) in [6.07, 6.45) is 1.62. The van der Waals surface area contributed by atoms with Crippen LogP contribution in [0.1, 0.15) is 6.42 Å². The number of carbonyl (C=O) groups excluding carboxylic acids is 1. The quantitative estimate of drug-likeness (QED) is 0.419. The lowest BCUT2D eigenvalue weighted by Gasteiger charge is -2.39. The maximum atomic E-state index is 12.3. The molecule has 5 nitrogen and oxygen atoms in total. The van der Waals surface area contributed by atoms with Crippen molar-refractivity contribution in [3.05, 3.63) is 23.4 Å². The van der Waals surface area contributed by atoms with Crippen molar-refractivity contribution in [2.24, 2.45) is 0 Å². The summed E-state index contributed by atoms with van der Waals surface area (Å²) >= 11 is 12.4. The summed E-state index contributed by atoms with van der Waals surface area (Å²) in [5.41, 5.74) is 0.218. The molecule has 0 radical (unpaired) electrons. The van der Waals surface area contributed by atoms with Crippen molar-refractivity contribution in [3.63, 3.8) is 0 Å². The zero-order valence-corrected chi connectivity index (χ0v) is 12.3. The maximum Gasteiger partial charge on any atom is 0.238 e. The average Bonchev–Trinajstić information content (AvgIpc) is 2.56. The molecule has 19 heavy (non-hydrogen) atoms. The Balaban J connectivity index is 3.34. The molecule has 108 valence electrons. The smallest absolute Gasteiger partial charge is 0.238 e. The van der Waals surface area contributed by atoms with Crippen LogP contribution in [0.5, 0.6) is 0 Å². The molecule has 0 spiro atoms. The van der Waals surface area contributed by atoms with Gasteiger partial charge in [0.2, 0.25) is 11.6 Å². The molecule has 0 aromatic rings. The van der Waals surface area contributed by atoms with E-state index in [2.05, 4.69) is 11.9 Å². The normalized spacial score (nSPS) is 25.8. The highest BCUT2D eigenvalue weighted by Gasteiger charge is 2.65. The lowest BCUT2D eigenvalue weighted by Crippen LogP contribution is -2.56. The second-order valence-electron chi connectivity index (χ2n) is 3.99. The van der Waals surface area contributed by atoms with Crippen LogP contribution < -0.4 is 5.32 Å². The second kappa shape index (κ2) is 6.24. The Morgan fingerprint density at radius 2 is 2.05 bits per heavy atom. The monoisotopic (exact) mass is 309 g/mol. The molecule has 0 amide bonds. The molecule has 0 aromatic heterocycles. The van der Waals surface area contributed by atoms with Gasteiger partial charge in [-0.05, 0) is 6.42 Å². The Hall–Kier alpha value is -0.590. The molecule has 7 heteroatoms. The molecule has 2 N–H and O–H groups in total. The summed E-state index contributed by atoms with van der Waals surface area (Å²) in [5, 5.41) is 11.6. The van der Waals surface area contributed by atoms with Crippen molar-refractivity contribution in [2.45, 2.75) is 17.1 Å². The zero-order chi connectivity index (χ0) is 14.7. The van der Waals surface area contributed by atoms with Crippen molar-refractivity contribution >= 4 is 29.0 Å². The summed E-state index contributed by atoms with van der Waals surface area (Å²) in [6.45, 7) is 3.63. The van der Waals surface area contributed by atoms with Gasteiger partial charge in [0.25, 0.3) is 0 Å². The largest absolute Gasteiger partial charge is 0.395 e. The van der Waals surface area contributed by atoms with Gasteiger partial charge in [-0.15, -0.1) is 18.2 Å². The van der Waals surface area contributed by atoms with E-state index in [1.807, 2.05) is 0 Å². The topological polar surface area (TPSA) is 67.8 Å². The van der Waals surface area contributed by atoms with Crippen LogP contribution in [0.15, 0.2) is 23.4 Å². The molecule has 1 atom stereocenters. The molecule has 0 saturated heterocycles. The number of Topliss-reactive ketones (excluding diaryl/α,β-unsaturated/α-hetero) is 1. The highest BCUT2D eigenvalue weighted by molar-refractivity contribution is 6.53. The second-order valence-corrected chi connectivity index (χ2v) is 5.01. The first-order valence-electron chi connectivity index (χ1n) is 5.65. The van der Waals surface area contributed by atoms with E-state index in [4.69, 9.17) is 37.8 Å². The maximum absolute atomic E-state index is 12.3. The lowest BCUT2D eigenvalue weighted by molar-refractivity contribution is -0.198. The summed E-state index contributed by atoms with van der Waals surface area (Å²) in [6, 6.07) is 0. The number of methoxy groups -OCH3 is 2. The van der Waals surface area contributed by atoms with Crippen molar-refractivity contribution in [2.75, 3.05) is 27.4 Å². The molecule has 1 rings (SSSR count). The number of aliphatic hydroxyl groups is 1. The van der Waals surface area contributed by atoms with Gasteiger partial charge < -0.3 is 19.9 Å². The number of hydrogen-bond acceptors (Lipinski definition) is 5. The number of ketones is 1. The third-order valence-electron chi connectivity index (χ3n) is 3.04. The van der Waals surface area contributed by atoms with Crippen LogP contribution in [0.3, 0.4) is 0 Å². The molecule has 0 aliphatic heterocycles. The van der Waals surface area contributed by atoms with Gasteiger partial charge in [-0.1, -0.05) is 17.7 Å². The average molecular weight is 310 g/mol. The van der Waals surface area contributed by atoms with Gasteiger partial charge >= 0.3 is 0 Å². The fourth-order valence-electron chi connectivity index (χ4n) is 2.19. The van der Waals surface area contributed by atoms with Gasteiger partial charge in [0.05, 0.1) is 12.3 Å². The number of halogens is 2. The van der Waals surface area contributed by atoms with Crippen LogP contribution in [-0.4, -0.2) is 48.9 Å². The number of aliphatic hydroxyl groups excluding tert-OH is 1. The minimum absolute atomic E-state index is 0.0889. The van der Waals surface area contributed by atoms with Gasteiger partial charge in [-0.25, -0.2) is 0 Å². The SMILES string of the molecule is C=CC[C@]1(Cl)C(=O)C(Cl)=C(NCCO)C1(OC)OC. The van der Waals surface area contributed by atoms with Gasteiger partial charge in [0.1, 0.15) is 5.03 Å². The molecular weight excluding hydrogens is 293 g/mol. The zero-order valence-electron chi connectivity index (χ0n) is 10.8. The minimum Gasteiger partial charge on any atom is -0.395 e. The third-order valence-corrected chi connectivity index (χ3v) is 3.98. The van der Waals surface area contributed by atoms with Gasteiger partial charge in [-0.3, -0.25) is 4.79 Å². The first kappa shape index (κ1) is 16.5. The van der Waals surface area contributed by atoms with E-state index in [-0.39, 0.29) is 30.3 Å². The number of alkyl halides is 1. The Morgan fingerprint density at radius 1 is 1.47 bits per heavy atom. The van der Waals surface area contributed by atoms with Crippen LogP contribution in [0, 0.1) is 0 Å². The number of ether oxygens (including phenoxy) is 2. The highest BCUT2D eigenvalue weighted by Crippen LogP contribution is 2.50. The number of hydrogen-bond donors (Lipinski definition) is 2. The van der Waals surface area contributed by atoms with Crippen LogP contribution in [0.25, 0.3) is 0 Å². The predicted octanol–water partition coefficient (Wildman–Crippen LogP) is 1.14. The lowest BCUT2D eigenvalue weighted by atomic mass is 9.93. The first-order valence-corrected chi connectivity index (χ1v) is 6.40. The highest BCUT2D eigenvalue weighted by atomic mass is 35.5. The molecule has 0 unspecified atom stereocenters. The van der Waals surface area contributed by atoms with E-state index in [0.29, 0.717) is 0 Å². The van der Waals surface area contributed by atoms with Crippen LogP contribution in [-0.2, 0) is 14.3 Å². The predicted molar refractivity (Wildman–Crippen MR) is 73.1 cm³/mol. The van der Waals surface area contributed by atoms with Gasteiger partial charge in [0, 0.05) is 20.8 Å². The molecule has 0 bridgehead atoms. The summed E-state index contributed by atoms with van der Waals surface area (Å²) < 4.78 is 10.7. The number of rotatable bonds is 7. The molecule has 1 aliphatic rings. The van der Waals surface area contributed by atoms with Crippen LogP contribution >= 0.6 is 23.2 Å². The van der Waals surface area contributed by atoms with Crippen molar-refractivity contribution in [1.82, 2.24) is 5.32 Å². The Morgan fingerprint density at radius 3 is 2.47 bits per heavy atom. The number of nitrogens with one attached hydrogen (secondary N) is 1. The van der Waals surface area contributed by atoms with E-state index in [1.54, 1.807) is 0 Å². The van der Waals surface area contributed by atoms with E-state index >= 15 is 0 Å². The fourth-order valence-corrected chi connectivity index (χ4v) is 3.04. The number of carbonyl (C=O) groups is 1. The van der Waals surface area contributed by atoms with Crippen molar-refractivity contribution < 1.29 is 19.4 Å². The molecule has 0 fully saturated rings. The Bertz CT molecular complexity index is 407. The minimum atomic E-state index is -1.54. The standard InChI is InChI=1S/C12H17Cl2NO4/c1-4-5-11(14)10(17)8(13)9(15-6-7-16)12(11,18-2)19-3/h4,15-16H,1,5-7H2,2-3H3/t11-/m0/s1. The van der Waals surface area contributed by atoms with E-state index < -0.39 is 16.4 Å². The molecule has 0 heterocycles.